The molecule has 4 rings (SSSR count). The predicted molar refractivity (Wildman–Crippen MR) is 115 cm³/mol. The Morgan fingerprint density at radius 2 is 1.72 bits per heavy atom. The molecule has 154 valence electrons. The van der Waals surface area contributed by atoms with Crippen LogP contribution in [0.1, 0.15) is 43.9 Å². The molecule has 7 heteroatoms. The number of hydrogen-bond donors (Lipinski definition) is 1. The second-order valence-electron chi connectivity index (χ2n) is 7.84. The fourth-order valence-electron chi connectivity index (χ4n) is 4.19. The third-order valence-corrected chi connectivity index (χ3v) is 7.37. The fraction of sp³-hybridized carbons (Fsp3) is 0.409. The van der Waals surface area contributed by atoms with Gasteiger partial charge in [-0.05, 0) is 67.6 Å². The molecule has 1 saturated heterocycles. The molecule has 2 aliphatic rings. The van der Waals surface area contributed by atoms with Crippen molar-refractivity contribution in [1.82, 2.24) is 4.72 Å². The number of anilines is 2. The lowest BCUT2D eigenvalue weighted by atomic mass is 10.1. The summed E-state index contributed by atoms with van der Waals surface area (Å²) in [5, 5.41) is 0. The highest BCUT2D eigenvalue weighted by molar-refractivity contribution is 7.89. The van der Waals surface area contributed by atoms with Crippen LogP contribution in [0.3, 0.4) is 0 Å². The molecule has 1 N–H and O–H groups in total. The molecule has 2 aromatic rings. The molecule has 1 amide bonds. The number of carbonyl (C=O) groups is 1. The third-order valence-electron chi connectivity index (χ3n) is 5.83. The Morgan fingerprint density at radius 1 is 1.03 bits per heavy atom. The Labute approximate surface area is 172 Å². The van der Waals surface area contributed by atoms with E-state index in [2.05, 4.69) is 21.8 Å². The van der Waals surface area contributed by atoms with Crippen molar-refractivity contribution in [1.29, 1.82) is 0 Å². The maximum atomic E-state index is 12.9. The van der Waals surface area contributed by atoms with E-state index in [0.29, 0.717) is 13.0 Å². The van der Waals surface area contributed by atoms with Crippen LogP contribution >= 0.6 is 0 Å². The zero-order chi connectivity index (χ0) is 20.6. The lowest BCUT2D eigenvalue weighted by Crippen LogP contribution is -2.27. The van der Waals surface area contributed by atoms with Gasteiger partial charge in [0.15, 0.2) is 0 Å². The van der Waals surface area contributed by atoms with Crippen molar-refractivity contribution in [3.05, 3.63) is 53.6 Å². The fourth-order valence-corrected chi connectivity index (χ4v) is 5.47. The van der Waals surface area contributed by atoms with E-state index in [1.807, 2.05) is 19.1 Å². The highest BCUT2D eigenvalue weighted by Crippen LogP contribution is 2.31. The van der Waals surface area contributed by atoms with E-state index < -0.39 is 10.0 Å². The summed E-state index contributed by atoms with van der Waals surface area (Å²) in [6.45, 7) is 6.15. The summed E-state index contributed by atoms with van der Waals surface area (Å²) in [4.78, 5) is 16.0. The molecule has 2 aliphatic heterocycles. The molecule has 1 atom stereocenters. The summed E-state index contributed by atoms with van der Waals surface area (Å²) in [6.07, 6.45) is 3.12. The Hall–Kier alpha value is -2.38. The van der Waals surface area contributed by atoms with Gasteiger partial charge in [-0.2, -0.15) is 0 Å². The second kappa shape index (κ2) is 7.80. The molecule has 2 heterocycles. The number of nitrogens with zero attached hydrogens (tertiary/aromatic N) is 2. The third kappa shape index (κ3) is 4.02. The number of nitrogens with one attached hydrogen (secondary N) is 1. The van der Waals surface area contributed by atoms with Crippen LogP contribution in [0.2, 0.25) is 0 Å². The molecule has 0 saturated carbocycles. The van der Waals surface area contributed by atoms with Crippen LogP contribution in [0, 0.1) is 0 Å². The summed E-state index contributed by atoms with van der Waals surface area (Å²) < 4.78 is 28.6. The van der Waals surface area contributed by atoms with Crippen LogP contribution in [0.4, 0.5) is 11.4 Å². The predicted octanol–water partition coefficient (Wildman–Crippen LogP) is 3.24. The van der Waals surface area contributed by atoms with Gasteiger partial charge < -0.3 is 9.80 Å². The molecular formula is C22H27N3O3S. The number of sulfonamides is 1. The van der Waals surface area contributed by atoms with E-state index >= 15 is 0 Å². The standard InChI is InChI=1S/C22H27N3O3S/c1-16(18-5-7-20(8-6-18)24-12-3-4-13-24)23-29(27,28)21-9-10-22-19(15-21)11-14-25(22)17(2)26/h5-10,15-16,23H,3-4,11-14H2,1-2H3. The van der Waals surface area contributed by atoms with Crippen molar-refractivity contribution in [2.45, 2.75) is 44.0 Å². The minimum Gasteiger partial charge on any atom is -0.372 e. The number of hydrogen-bond acceptors (Lipinski definition) is 4. The van der Waals surface area contributed by atoms with Gasteiger partial charge in [-0.25, -0.2) is 13.1 Å². The number of benzene rings is 2. The first-order valence-electron chi connectivity index (χ1n) is 10.1. The Balaban J connectivity index is 1.49. The van der Waals surface area contributed by atoms with Crippen LogP contribution in [0.25, 0.3) is 0 Å². The van der Waals surface area contributed by atoms with E-state index in [-0.39, 0.29) is 16.8 Å². The lowest BCUT2D eigenvalue weighted by molar-refractivity contribution is -0.116. The molecule has 0 spiro atoms. The van der Waals surface area contributed by atoms with E-state index in [0.717, 1.165) is 29.9 Å². The van der Waals surface area contributed by atoms with Gasteiger partial charge in [-0.1, -0.05) is 12.1 Å². The smallest absolute Gasteiger partial charge is 0.241 e. The largest absolute Gasteiger partial charge is 0.372 e. The first-order chi connectivity index (χ1) is 13.8. The van der Waals surface area contributed by atoms with Crippen LogP contribution < -0.4 is 14.5 Å². The summed E-state index contributed by atoms with van der Waals surface area (Å²) >= 11 is 0. The molecule has 1 fully saturated rings. The quantitative estimate of drug-likeness (QED) is 0.817. The summed E-state index contributed by atoms with van der Waals surface area (Å²) in [5.41, 5.74) is 3.82. The summed E-state index contributed by atoms with van der Waals surface area (Å²) in [7, 11) is -3.66. The van der Waals surface area contributed by atoms with E-state index in [4.69, 9.17) is 0 Å². The SMILES string of the molecule is CC(=O)N1CCc2cc(S(=O)(=O)NC(C)c3ccc(N4CCCC4)cc3)ccc21. The molecule has 0 aromatic heterocycles. The normalized spacial score (nSPS) is 17.4. The molecule has 1 unspecified atom stereocenters. The van der Waals surface area contributed by atoms with Crippen molar-refractivity contribution in [3.8, 4) is 0 Å². The molecular weight excluding hydrogens is 386 g/mol. The van der Waals surface area contributed by atoms with Gasteiger partial charge in [-0.3, -0.25) is 4.79 Å². The molecule has 0 radical (unpaired) electrons. The van der Waals surface area contributed by atoms with Gasteiger partial charge in [0.05, 0.1) is 4.90 Å². The molecule has 0 bridgehead atoms. The van der Waals surface area contributed by atoms with Crippen molar-refractivity contribution in [3.63, 3.8) is 0 Å². The van der Waals surface area contributed by atoms with Gasteiger partial charge in [0, 0.05) is 44.0 Å². The minimum atomic E-state index is -3.66. The zero-order valence-electron chi connectivity index (χ0n) is 16.9. The first-order valence-corrected chi connectivity index (χ1v) is 11.6. The van der Waals surface area contributed by atoms with Crippen molar-refractivity contribution in [2.75, 3.05) is 29.4 Å². The number of carbonyl (C=O) groups excluding carboxylic acids is 1. The van der Waals surface area contributed by atoms with E-state index in [9.17, 15) is 13.2 Å². The first kappa shape index (κ1) is 19.9. The van der Waals surface area contributed by atoms with Crippen LogP contribution in [0.5, 0.6) is 0 Å². The van der Waals surface area contributed by atoms with Crippen LogP contribution in [-0.2, 0) is 21.2 Å². The molecule has 29 heavy (non-hydrogen) atoms. The molecule has 0 aliphatic carbocycles. The summed E-state index contributed by atoms with van der Waals surface area (Å²) in [5.74, 6) is -0.0246. The number of rotatable bonds is 5. The summed E-state index contributed by atoms with van der Waals surface area (Å²) in [6, 6.07) is 12.8. The highest BCUT2D eigenvalue weighted by Gasteiger charge is 2.25. The monoisotopic (exact) mass is 413 g/mol. The van der Waals surface area contributed by atoms with E-state index in [1.54, 1.807) is 23.1 Å². The number of fused-ring (bicyclic) bond motifs is 1. The van der Waals surface area contributed by atoms with Gasteiger partial charge in [-0.15, -0.1) is 0 Å². The van der Waals surface area contributed by atoms with Crippen molar-refractivity contribution in [2.24, 2.45) is 0 Å². The second-order valence-corrected chi connectivity index (χ2v) is 9.55. The molecule has 6 nitrogen and oxygen atoms in total. The van der Waals surface area contributed by atoms with Crippen LogP contribution in [-0.4, -0.2) is 34.0 Å². The van der Waals surface area contributed by atoms with Gasteiger partial charge in [0.2, 0.25) is 15.9 Å². The average Bonchev–Trinajstić information content (AvgIpc) is 3.37. The average molecular weight is 414 g/mol. The zero-order valence-corrected chi connectivity index (χ0v) is 17.7. The molecule has 2 aromatic carbocycles. The number of amides is 1. The van der Waals surface area contributed by atoms with Gasteiger partial charge in [0.1, 0.15) is 0 Å². The lowest BCUT2D eigenvalue weighted by Gasteiger charge is -2.20. The maximum absolute atomic E-state index is 12.9. The Kier molecular flexibility index (Phi) is 5.36. The highest BCUT2D eigenvalue weighted by atomic mass is 32.2. The van der Waals surface area contributed by atoms with Crippen molar-refractivity contribution >= 4 is 27.3 Å². The maximum Gasteiger partial charge on any atom is 0.241 e. The van der Waals surface area contributed by atoms with E-state index in [1.165, 1.54) is 25.5 Å². The Bertz CT molecular complexity index is 1010. The van der Waals surface area contributed by atoms with Crippen LogP contribution in [0.15, 0.2) is 47.4 Å². The van der Waals surface area contributed by atoms with Gasteiger partial charge in [0.25, 0.3) is 0 Å². The Morgan fingerprint density at radius 3 is 2.38 bits per heavy atom. The van der Waals surface area contributed by atoms with Crippen molar-refractivity contribution < 1.29 is 13.2 Å². The topological polar surface area (TPSA) is 69.7 Å². The van der Waals surface area contributed by atoms with Gasteiger partial charge >= 0.3 is 0 Å². The minimum absolute atomic E-state index is 0.0246.